The number of aryl methyl sites for hydroxylation is 2. The Balaban J connectivity index is 1.78. The summed E-state index contributed by atoms with van der Waals surface area (Å²) in [5, 5.41) is 10.9. The first-order chi connectivity index (χ1) is 8.15. The van der Waals surface area contributed by atoms with Gasteiger partial charge in [-0.2, -0.15) is 5.10 Å². The lowest BCUT2D eigenvalue weighted by atomic mass is 10.2. The molecule has 2 rings (SSSR count). The largest absolute Gasteiger partial charge is 0.307 e. The Morgan fingerprint density at radius 1 is 1.47 bits per heavy atom. The molecule has 5 heteroatoms. The van der Waals surface area contributed by atoms with Gasteiger partial charge in [-0.3, -0.25) is 4.68 Å². The van der Waals surface area contributed by atoms with Crippen molar-refractivity contribution in [1.29, 1.82) is 0 Å². The van der Waals surface area contributed by atoms with Crippen LogP contribution in [0.5, 0.6) is 0 Å². The molecule has 17 heavy (non-hydrogen) atoms. The minimum atomic E-state index is 0.302. The molecule has 0 fully saturated rings. The highest BCUT2D eigenvalue weighted by atomic mass is 32.1. The molecule has 0 amide bonds. The molecule has 2 heterocycles. The van der Waals surface area contributed by atoms with Crippen LogP contribution in [0.15, 0.2) is 17.8 Å². The van der Waals surface area contributed by atoms with Crippen molar-refractivity contribution in [3.63, 3.8) is 0 Å². The second-order valence-electron chi connectivity index (χ2n) is 4.25. The third kappa shape index (κ3) is 3.38. The van der Waals surface area contributed by atoms with Gasteiger partial charge in [0.25, 0.3) is 0 Å². The van der Waals surface area contributed by atoms with Crippen molar-refractivity contribution >= 4 is 11.3 Å². The zero-order valence-corrected chi connectivity index (χ0v) is 11.3. The summed E-state index contributed by atoms with van der Waals surface area (Å²) in [6.07, 6.45) is 3.94. The molecular formula is C12H18N4S. The lowest BCUT2D eigenvalue weighted by molar-refractivity contribution is 0.502. The van der Waals surface area contributed by atoms with Gasteiger partial charge in [0.1, 0.15) is 0 Å². The first kappa shape index (κ1) is 12.3. The minimum Gasteiger partial charge on any atom is -0.307 e. The summed E-state index contributed by atoms with van der Waals surface area (Å²) in [5.41, 5.74) is 2.33. The molecule has 0 radical (unpaired) electrons. The zero-order valence-electron chi connectivity index (χ0n) is 10.5. The monoisotopic (exact) mass is 250 g/mol. The smallest absolute Gasteiger partial charge is 0.0898 e. The molecule has 0 saturated heterocycles. The SMILES string of the molecule is Cc1cnn(CCNC(C)c2csc(C)n2)c1. The van der Waals surface area contributed by atoms with Gasteiger partial charge in [-0.25, -0.2) is 4.98 Å². The molecule has 0 spiro atoms. The molecule has 1 unspecified atom stereocenters. The van der Waals surface area contributed by atoms with E-state index in [-0.39, 0.29) is 0 Å². The standard InChI is InChI=1S/C12H18N4S/c1-9-6-14-16(7-9)5-4-13-10(2)12-8-17-11(3)15-12/h6-8,10,13H,4-5H2,1-3H3. The second-order valence-corrected chi connectivity index (χ2v) is 5.31. The van der Waals surface area contributed by atoms with E-state index in [1.54, 1.807) is 11.3 Å². The van der Waals surface area contributed by atoms with Crippen molar-refractivity contribution in [1.82, 2.24) is 20.1 Å². The van der Waals surface area contributed by atoms with E-state index in [0.29, 0.717) is 6.04 Å². The van der Waals surface area contributed by atoms with E-state index in [2.05, 4.69) is 40.8 Å². The van der Waals surface area contributed by atoms with Crippen LogP contribution < -0.4 is 5.32 Å². The summed E-state index contributed by atoms with van der Waals surface area (Å²) in [5.74, 6) is 0. The van der Waals surface area contributed by atoms with Crippen LogP contribution in [0, 0.1) is 13.8 Å². The first-order valence-corrected chi connectivity index (χ1v) is 6.67. The van der Waals surface area contributed by atoms with E-state index < -0.39 is 0 Å². The fourth-order valence-electron chi connectivity index (χ4n) is 1.67. The highest BCUT2D eigenvalue weighted by Crippen LogP contribution is 2.15. The van der Waals surface area contributed by atoms with E-state index in [0.717, 1.165) is 23.8 Å². The Labute approximate surface area is 106 Å². The molecule has 0 aliphatic carbocycles. The Morgan fingerprint density at radius 3 is 2.88 bits per heavy atom. The van der Waals surface area contributed by atoms with Gasteiger partial charge in [0.2, 0.25) is 0 Å². The predicted octanol–water partition coefficient (Wildman–Crippen LogP) is 2.31. The van der Waals surface area contributed by atoms with Crippen LogP contribution >= 0.6 is 11.3 Å². The third-order valence-corrected chi connectivity index (χ3v) is 3.43. The summed E-state index contributed by atoms with van der Waals surface area (Å²) in [6, 6.07) is 0.302. The van der Waals surface area contributed by atoms with Crippen LogP contribution in [-0.2, 0) is 6.54 Å². The number of thiazole rings is 1. The van der Waals surface area contributed by atoms with E-state index in [1.807, 2.05) is 17.8 Å². The second kappa shape index (κ2) is 5.42. The van der Waals surface area contributed by atoms with Crippen molar-refractivity contribution < 1.29 is 0 Å². The van der Waals surface area contributed by atoms with E-state index in [4.69, 9.17) is 0 Å². The highest BCUT2D eigenvalue weighted by Gasteiger charge is 2.07. The summed E-state index contributed by atoms with van der Waals surface area (Å²) in [6.45, 7) is 8.02. The van der Waals surface area contributed by atoms with Crippen molar-refractivity contribution in [3.8, 4) is 0 Å². The first-order valence-electron chi connectivity index (χ1n) is 5.79. The van der Waals surface area contributed by atoms with Crippen LogP contribution in [0.2, 0.25) is 0 Å². The van der Waals surface area contributed by atoms with Crippen LogP contribution in [0.3, 0.4) is 0 Å². The van der Waals surface area contributed by atoms with Crippen molar-refractivity contribution in [2.24, 2.45) is 0 Å². The number of hydrogen-bond acceptors (Lipinski definition) is 4. The average Bonchev–Trinajstić information content (AvgIpc) is 2.88. The summed E-state index contributed by atoms with van der Waals surface area (Å²) in [4.78, 5) is 4.47. The topological polar surface area (TPSA) is 42.7 Å². The molecule has 92 valence electrons. The number of nitrogens with zero attached hydrogens (tertiary/aromatic N) is 3. The van der Waals surface area contributed by atoms with Crippen molar-refractivity contribution in [2.45, 2.75) is 33.4 Å². The molecule has 0 bridgehead atoms. The van der Waals surface area contributed by atoms with Gasteiger partial charge in [0.15, 0.2) is 0 Å². The van der Waals surface area contributed by atoms with Gasteiger partial charge >= 0.3 is 0 Å². The van der Waals surface area contributed by atoms with Crippen LogP contribution in [-0.4, -0.2) is 21.3 Å². The zero-order chi connectivity index (χ0) is 12.3. The Bertz CT molecular complexity index is 474. The van der Waals surface area contributed by atoms with Crippen LogP contribution in [0.25, 0.3) is 0 Å². The lowest BCUT2D eigenvalue weighted by Gasteiger charge is -2.11. The Hall–Kier alpha value is -1.20. The number of aromatic nitrogens is 3. The van der Waals surface area contributed by atoms with Gasteiger partial charge in [-0.1, -0.05) is 0 Å². The Kier molecular flexibility index (Phi) is 3.91. The molecule has 1 atom stereocenters. The van der Waals surface area contributed by atoms with E-state index in [9.17, 15) is 0 Å². The number of rotatable bonds is 5. The fraction of sp³-hybridized carbons (Fsp3) is 0.500. The third-order valence-electron chi connectivity index (χ3n) is 2.63. The van der Waals surface area contributed by atoms with Crippen molar-refractivity contribution in [3.05, 3.63) is 34.0 Å². The van der Waals surface area contributed by atoms with Gasteiger partial charge in [0, 0.05) is 24.2 Å². The minimum absolute atomic E-state index is 0.302. The van der Waals surface area contributed by atoms with Gasteiger partial charge in [-0.05, 0) is 26.3 Å². The van der Waals surface area contributed by atoms with E-state index in [1.165, 1.54) is 5.56 Å². The van der Waals surface area contributed by atoms with Crippen molar-refractivity contribution in [2.75, 3.05) is 6.54 Å². The van der Waals surface area contributed by atoms with E-state index >= 15 is 0 Å². The van der Waals surface area contributed by atoms with Crippen LogP contribution in [0.4, 0.5) is 0 Å². The maximum Gasteiger partial charge on any atom is 0.0898 e. The quantitative estimate of drug-likeness (QED) is 0.885. The number of nitrogens with one attached hydrogen (secondary N) is 1. The summed E-state index contributed by atoms with van der Waals surface area (Å²) < 4.78 is 1.96. The molecule has 0 saturated carbocycles. The van der Waals surface area contributed by atoms with Gasteiger partial charge in [-0.15, -0.1) is 11.3 Å². The molecule has 1 N–H and O–H groups in total. The molecule has 0 aliphatic heterocycles. The average molecular weight is 250 g/mol. The van der Waals surface area contributed by atoms with Crippen LogP contribution in [0.1, 0.15) is 29.2 Å². The maximum absolute atomic E-state index is 4.47. The summed E-state index contributed by atoms with van der Waals surface area (Å²) in [7, 11) is 0. The number of hydrogen-bond donors (Lipinski definition) is 1. The fourth-order valence-corrected chi connectivity index (χ4v) is 2.37. The van der Waals surface area contributed by atoms with Gasteiger partial charge < -0.3 is 5.32 Å². The molecule has 0 aliphatic rings. The lowest BCUT2D eigenvalue weighted by Crippen LogP contribution is -2.23. The molecule has 2 aromatic rings. The molecule has 4 nitrogen and oxygen atoms in total. The predicted molar refractivity (Wildman–Crippen MR) is 70.2 cm³/mol. The highest BCUT2D eigenvalue weighted by molar-refractivity contribution is 7.09. The molecular weight excluding hydrogens is 232 g/mol. The maximum atomic E-state index is 4.47. The Morgan fingerprint density at radius 2 is 2.29 bits per heavy atom. The molecule has 2 aromatic heterocycles. The van der Waals surface area contributed by atoms with Gasteiger partial charge in [0.05, 0.1) is 23.4 Å². The summed E-state index contributed by atoms with van der Waals surface area (Å²) >= 11 is 1.70. The normalized spacial score (nSPS) is 12.9. The molecule has 0 aromatic carbocycles.